The van der Waals surface area contributed by atoms with Crippen LogP contribution >= 0.6 is 0 Å². The lowest BCUT2D eigenvalue weighted by Gasteiger charge is -2.49. The van der Waals surface area contributed by atoms with Gasteiger partial charge in [-0.1, -0.05) is 6.42 Å². The van der Waals surface area contributed by atoms with Crippen LogP contribution in [0.5, 0.6) is 0 Å². The van der Waals surface area contributed by atoms with Gasteiger partial charge in [-0.05, 0) is 65.5 Å². The van der Waals surface area contributed by atoms with E-state index in [-0.39, 0.29) is 11.2 Å². The van der Waals surface area contributed by atoms with E-state index in [9.17, 15) is 0 Å². The van der Waals surface area contributed by atoms with E-state index in [4.69, 9.17) is 10.5 Å². The molecular weight excluding hydrogens is 224 g/mol. The van der Waals surface area contributed by atoms with Crippen molar-refractivity contribution in [1.82, 2.24) is 4.90 Å². The molecule has 1 aliphatic heterocycles. The van der Waals surface area contributed by atoms with Crippen molar-refractivity contribution in [3.8, 4) is 0 Å². The topological polar surface area (TPSA) is 38.5 Å². The van der Waals surface area contributed by atoms with E-state index in [2.05, 4.69) is 32.6 Å². The first-order valence-corrected chi connectivity index (χ1v) is 7.39. The van der Waals surface area contributed by atoms with Crippen LogP contribution in [0.4, 0.5) is 0 Å². The molecule has 0 bridgehead atoms. The summed E-state index contributed by atoms with van der Waals surface area (Å²) in [7, 11) is 0. The second kappa shape index (κ2) is 4.77. The minimum absolute atomic E-state index is 0.0305. The predicted octanol–water partition coefficient (Wildman–Crippen LogP) is 2.39. The highest BCUT2D eigenvalue weighted by molar-refractivity contribution is 4.93. The number of nitrogens with zero attached hydrogens (tertiary/aromatic N) is 1. The molecule has 0 radical (unpaired) electrons. The van der Waals surface area contributed by atoms with Gasteiger partial charge in [0.1, 0.15) is 0 Å². The summed E-state index contributed by atoms with van der Waals surface area (Å²) in [5.74, 6) is 0. The van der Waals surface area contributed by atoms with E-state index < -0.39 is 0 Å². The van der Waals surface area contributed by atoms with E-state index in [0.717, 1.165) is 19.6 Å². The average Bonchev–Trinajstić information content (AvgIpc) is 2.11. The first-order valence-electron chi connectivity index (χ1n) is 7.39. The van der Waals surface area contributed by atoms with Crippen molar-refractivity contribution < 1.29 is 4.74 Å². The minimum Gasteiger partial charge on any atom is -0.367 e. The number of hydrogen-bond donors (Lipinski definition) is 1. The van der Waals surface area contributed by atoms with Crippen LogP contribution in [0, 0.1) is 5.41 Å². The maximum Gasteiger partial charge on any atom is 0.0760 e. The maximum atomic E-state index is 6.12. The summed E-state index contributed by atoms with van der Waals surface area (Å²) in [5, 5.41) is 0. The van der Waals surface area contributed by atoms with Gasteiger partial charge in [0.15, 0.2) is 0 Å². The van der Waals surface area contributed by atoms with Crippen molar-refractivity contribution in [1.29, 1.82) is 0 Å². The van der Waals surface area contributed by atoms with E-state index in [1.165, 1.54) is 32.2 Å². The molecular formula is C15H30N2O. The standard InChI is InChI=1S/C15H30N2O/c1-13(2)11-17(12-14(3,4)18-13)9-8-15(10-16)6-5-7-15/h5-12,16H2,1-4H3. The molecule has 1 heterocycles. The van der Waals surface area contributed by atoms with Crippen molar-refractivity contribution in [3.05, 3.63) is 0 Å². The highest BCUT2D eigenvalue weighted by atomic mass is 16.5. The van der Waals surface area contributed by atoms with Gasteiger partial charge >= 0.3 is 0 Å². The molecule has 1 saturated heterocycles. The smallest absolute Gasteiger partial charge is 0.0760 e. The fourth-order valence-corrected chi connectivity index (χ4v) is 3.73. The SMILES string of the molecule is CC1(C)CN(CCC2(CN)CCC2)CC(C)(C)O1. The summed E-state index contributed by atoms with van der Waals surface area (Å²) in [4.78, 5) is 2.57. The molecule has 3 heteroatoms. The number of nitrogens with two attached hydrogens (primary N) is 1. The van der Waals surface area contributed by atoms with Gasteiger partial charge in [0.25, 0.3) is 0 Å². The summed E-state index contributed by atoms with van der Waals surface area (Å²) in [5.41, 5.74) is 6.35. The van der Waals surface area contributed by atoms with Gasteiger partial charge in [-0.2, -0.15) is 0 Å². The van der Waals surface area contributed by atoms with Crippen LogP contribution in [0.25, 0.3) is 0 Å². The van der Waals surface area contributed by atoms with E-state index in [0.29, 0.717) is 5.41 Å². The average molecular weight is 254 g/mol. The summed E-state index contributed by atoms with van der Waals surface area (Å²) < 4.78 is 6.12. The lowest BCUT2D eigenvalue weighted by Crippen LogP contribution is -2.57. The molecule has 0 aromatic rings. The van der Waals surface area contributed by atoms with Crippen LogP contribution in [0.15, 0.2) is 0 Å². The maximum absolute atomic E-state index is 6.12. The van der Waals surface area contributed by atoms with Crippen molar-refractivity contribution in [2.45, 2.75) is 64.6 Å². The Balaban J connectivity index is 1.89. The first kappa shape index (κ1) is 14.3. The predicted molar refractivity (Wildman–Crippen MR) is 75.6 cm³/mol. The Morgan fingerprint density at radius 3 is 2.00 bits per heavy atom. The summed E-state index contributed by atoms with van der Waals surface area (Å²) in [6.45, 7) is 12.9. The Morgan fingerprint density at radius 1 is 1.06 bits per heavy atom. The molecule has 1 aliphatic carbocycles. The molecule has 0 aromatic heterocycles. The van der Waals surface area contributed by atoms with Gasteiger partial charge in [-0.3, -0.25) is 4.90 Å². The number of rotatable bonds is 4. The lowest BCUT2D eigenvalue weighted by atomic mass is 9.66. The molecule has 3 nitrogen and oxygen atoms in total. The highest BCUT2D eigenvalue weighted by Gasteiger charge is 2.40. The third kappa shape index (κ3) is 3.25. The zero-order valence-electron chi connectivity index (χ0n) is 12.6. The van der Waals surface area contributed by atoms with Crippen molar-refractivity contribution in [3.63, 3.8) is 0 Å². The zero-order valence-corrected chi connectivity index (χ0v) is 12.6. The quantitative estimate of drug-likeness (QED) is 0.837. The molecule has 0 atom stereocenters. The largest absolute Gasteiger partial charge is 0.367 e. The Kier molecular flexibility index (Phi) is 3.79. The van der Waals surface area contributed by atoms with E-state index >= 15 is 0 Å². The Bertz CT molecular complexity index is 273. The van der Waals surface area contributed by atoms with Crippen LogP contribution in [-0.4, -0.2) is 42.3 Å². The van der Waals surface area contributed by atoms with Crippen LogP contribution in [-0.2, 0) is 4.74 Å². The molecule has 0 unspecified atom stereocenters. The molecule has 106 valence electrons. The molecule has 18 heavy (non-hydrogen) atoms. The Morgan fingerprint density at radius 2 is 1.61 bits per heavy atom. The third-order valence-corrected chi connectivity index (χ3v) is 4.57. The first-order chi connectivity index (χ1) is 8.26. The Labute approximate surface area is 112 Å². The summed E-state index contributed by atoms with van der Waals surface area (Å²) in [6.07, 6.45) is 5.30. The molecule has 2 fully saturated rings. The fourth-order valence-electron chi connectivity index (χ4n) is 3.73. The van der Waals surface area contributed by atoms with E-state index in [1.807, 2.05) is 0 Å². The normalized spacial score (nSPS) is 29.8. The number of morpholine rings is 1. The molecule has 0 amide bonds. The molecule has 0 spiro atoms. The molecule has 0 aromatic carbocycles. The van der Waals surface area contributed by atoms with Gasteiger partial charge in [0.2, 0.25) is 0 Å². The molecule has 2 aliphatic rings. The van der Waals surface area contributed by atoms with Crippen LogP contribution < -0.4 is 5.73 Å². The molecule has 2 rings (SSSR count). The highest BCUT2D eigenvalue weighted by Crippen LogP contribution is 2.43. The third-order valence-electron chi connectivity index (χ3n) is 4.57. The van der Waals surface area contributed by atoms with Crippen LogP contribution in [0.3, 0.4) is 0 Å². The van der Waals surface area contributed by atoms with Gasteiger partial charge in [-0.25, -0.2) is 0 Å². The van der Waals surface area contributed by atoms with Gasteiger partial charge in [0, 0.05) is 13.1 Å². The van der Waals surface area contributed by atoms with E-state index in [1.54, 1.807) is 0 Å². The summed E-state index contributed by atoms with van der Waals surface area (Å²) in [6, 6.07) is 0. The second-order valence-corrected chi connectivity index (χ2v) is 7.64. The van der Waals surface area contributed by atoms with Crippen molar-refractivity contribution in [2.24, 2.45) is 11.1 Å². The van der Waals surface area contributed by atoms with Crippen LogP contribution in [0.1, 0.15) is 53.4 Å². The Hall–Kier alpha value is -0.120. The second-order valence-electron chi connectivity index (χ2n) is 7.64. The van der Waals surface area contributed by atoms with Crippen LogP contribution in [0.2, 0.25) is 0 Å². The van der Waals surface area contributed by atoms with Gasteiger partial charge in [-0.15, -0.1) is 0 Å². The molecule has 1 saturated carbocycles. The minimum atomic E-state index is -0.0305. The number of ether oxygens (including phenoxy) is 1. The number of hydrogen-bond acceptors (Lipinski definition) is 3. The summed E-state index contributed by atoms with van der Waals surface area (Å²) >= 11 is 0. The fraction of sp³-hybridized carbons (Fsp3) is 1.00. The van der Waals surface area contributed by atoms with Gasteiger partial charge in [0.05, 0.1) is 11.2 Å². The molecule has 2 N–H and O–H groups in total. The zero-order chi connectivity index (χ0) is 13.4. The van der Waals surface area contributed by atoms with Crippen molar-refractivity contribution in [2.75, 3.05) is 26.2 Å². The van der Waals surface area contributed by atoms with Crippen molar-refractivity contribution >= 4 is 0 Å². The monoisotopic (exact) mass is 254 g/mol. The van der Waals surface area contributed by atoms with Gasteiger partial charge < -0.3 is 10.5 Å². The lowest BCUT2D eigenvalue weighted by molar-refractivity contribution is -0.181.